The van der Waals surface area contributed by atoms with Gasteiger partial charge < -0.3 is 5.73 Å². The normalized spacial score (nSPS) is 12.9. The molecule has 0 aliphatic carbocycles. The third kappa shape index (κ3) is 2.39. The van der Waals surface area contributed by atoms with Crippen molar-refractivity contribution in [1.82, 2.24) is 24.8 Å². The molecule has 6 nitrogen and oxygen atoms in total. The lowest BCUT2D eigenvalue weighted by atomic mass is 10.1. The van der Waals surface area contributed by atoms with Crippen molar-refractivity contribution in [3.05, 3.63) is 28.3 Å². The maximum Gasteiger partial charge on any atom is 0.0997 e. The van der Waals surface area contributed by atoms with Crippen LogP contribution in [0.25, 0.3) is 0 Å². The van der Waals surface area contributed by atoms with Crippen molar-refractivity contribution < 1.29 is 0 Å². The summed E-state index contributed by atoms with van der Waals surface area (Å²) >= 11 is 6.29. The van der Waals surface area contributed by atoms with E-state index in [2.05, 4.69) is 15.4 Å². The Bertz CT molecular complexity index is 544. The number of nitrogens with two attached hydrogens (primary N) is 1. The van der Waals surface area contributed by atoms with Crippen LogP contribution in [0, 0.1) is 0 Å². The molecule has 2 aromatic rings. The summed E-state index contributed by atoms with van der Waals surface area (Å²) in [7, 11) is 3.69. The van der Waals surface area contributed by atoms with Gasteiger partial charge in [-0.3, -0.25) is 9.36 Å². The van der Waals surface area contributed by atoms with Gasteiger partial charge in [0.1, 0.15) is 0 Å². The molecule has 1 unspecified atom stereocenters. The molecule has 0 amide bonds. The van der Waals surface area contributed by atoms with Gasteiger partial charge in [-0.15, -0.1) is 5.10 Å². The van der Waals surface area contributed by atoms with Crippen LogP contribution in [0.15, 0.2) is 6.20 Å². The molecule has 18 heavy (non-hydrogen) atoms. The highest BCUT2D eigenvalue weighted by molar-refractivity contribution is 6.31. The molecule has 0 aliphatic rings. The van der Waals surface area contributed by atoms with Crippen LogP contribution < -0.4 is 5.73 Å². The molecular formula is C11H17ClN6. The molecule has 1 atom stereocenters. The zero-order valence-corrected chi connectivity index (χ0v) is 11.5. The van der Waals surface area contributed by atoms with Crippen LogP contribution in [0.1, 0.15) is 30.0 Å². The fraction of sp³-hybridized carbons (Fsp3) is 0.545. The van der Waals surface area contributed by atoms with Crippen LogP contribution in [0.3, 0.4) is 0 Å². The summed E-state index contributed by atoms with van der Waals surface area (Å²) in [5.74, 6) is 0. The van der Waals surface area contributed by atoms with Gasteiger partial charge in [0.15, 0.2) is 0 Å². The highest BCUT2D eigenvalue weighted by Crippen LogP contribution is 2.24. The first-order chi connectivity index (χ1) is 8.52. The number of aromatic nitrogens is 5. The van der Waals surface area contributed by atoms with E-state index in [-0.39, 0.29) is 6.04 Å². The van der Waals surface area contributed by atoms with E-state index in [0.717, 1.165) is 23.5 Å². The molecule has 2 rings (SSSR count). The van der Waals surface area contributed by atoms with Gasteiger partial charge in [0.25, 0.3) is 0 Å². The summed E-state index contributed by atoms with van der Waals surface area (Å²) in [4.78, 5) is 0. The second-order valence-corrected chi connectivity index (χ2v) is 4.69. The Morgan fingerprint density at radius 2 is 2.17 bits per heavy atom. The number of aryl methyl sites for hydroxylation is 3. The SMILES string of the molecule is CCc1nn(C)c(CC(N)c2cn(C)nn2)c1Cl. The van der Waals surface area contributed by atoms with Crippen molar-refractivity contribution in [2.24, 2.45) is 19.8 Å². The van der Waals surface area contributed by atoms with Crippen molar-refractivity contribution >= 4 is 11.6 Å². The molecule has 2 aromatic heterocycles. The molecule has 0 bridgehead atoms. The predicted molar refractivity (Wildman–Crippen MR) is 69.2 cm³/mol. The average Bonchev–Trinajstić information content (AvgIpc) is 2.87. The van der Waals surface area contributed by atoms with Crippen LogP contribution in [-0.2, 0) is 26.9 Å². The van der Waals surface area contributed by atoms with Crippen molar-refractivity contribution in [2.75, 3.05) is 0 Å². The van der Waals surface area contributed by atoms with E-state index in [1.165, 1.54) is 0 Å². The van der Waals surface area contributed by atoms with Crippen LogP contribution >= 0.6 is 11.6 Å². The van der Waals surface area contributed by atoms with E-state index >= 15 is 0 Å². The highest BCUT2D eigenvalue weighted by atomic mass is 35.5. The minimum absolute atomic E-state index is 0.226. The monoisotopic (exact) mass is 268 g/mol. The number of hydrogen-bond donors (Lipinski definition) is 1. The number of hydrogen-bond acceptors (Lipinski definition) is 4. The summed E-state index contributed by atoms with van der Waals surface area (Å²) in [5.41, 5.74) is 8.71. The van der Waals surface area contributed by atoms with E-state index in [4.69, 9.17) is 17.3 Å². The quantitative estimate of drug-likeness (QED) is 0.898. The third-order valence-electron chi connectivity index (χ3n) is 2.92. The first-order valence-electron chi connectivity index (χ1n) is 5.85. The van der Waals surface area contributed by atoms with Gasteiger partial charge in [-0.1, -0.05) is 23.7 Å². The smallest absolute Gasteiger partial charge is 0.0997 e. The highest BCUT2D eigenvalue weighted by Gasteiger charge is 2.18. The first kappa shape index (κ1) is 13.0. The predicted octanol–water partition coefficient (Wildman–Crippen LogP) is 1.01. The molecule has 0 aliphatic heterocycles. The van der Waals surface area contributed by atoms with E-state index in [1.54, 1.807) is 9.36 Å². The second-order valence-electron chi connectivity index (χ2n) is 4.31. The Balaban J connectivity index is 2.21. The molecule has 2 heterocycles. The van der Waals surface area contributed by atoms with Gasteiger partial charge in [0.2, 0.25) is 0 Å². The molecule has 0 aromatic carbocycles. The van der Waals surface area contributed by atoms with Crippen molar-refractivity contribution in [1.29, 1.82) is 0 Å². The molecule has 0 saturated heterocycles. The topological polar surface area (TPSA) is 74.6 Å². The molecule has 0 spiro atoms. The van der Waals surface area contributed by atoms with Crippen LogP contribution in [0.2, 0.25) is 5.02 Å². The third-order valence-corrected chi connectivity index (χ3v) is 3.35. The van der Waals surface area contributed by atoms with Crippen LogP contribution in [-0.4, -0.2) is 24.8 Å². The average molecular weight is 269 g/mol. The summed E-state index contributed by atoms with van der Waals surface area (Å²) in [6.45, 7) is 2.03. The second kappa shape index (κ2) is 5.07. The van der Waals surface area contributed by atoms with Gasteiger partial charge in [0.05, 0.1) is 28.1 Å². The van der Waals surface area contributed by atoms with Gasteiger partial charge in [-0.25, -0.2) is 0 Å². The van der Waals surface area contributed by atoms with Gasteiger partial charge in [-0.2, -0.15) is 5.10 Å². The minimum Gasteiger partial charge on any atom is -0.322 e. The molecule has 7 heteroatoms. The largest absolute Gasteiger partial charge is 0.322 e. The zero-order valence-electron chi connectivity index (χ0n) is 10.8. The number of rotatable bonds is 4. The fourth-order valence-electron chi connectivity index (χ4n) is 1.89. The molecule has 2 N–H and O–H groups in total. The van der Waals surface area contributed by atoms with E-state index in [1.807, 2.05) is 27.2 Å². The summed E-state index contributed by atoms with van der Waals surface area (Å²) in [5, 5.41) is 13.0. The molecule has 98 valence electrons. The van der Waals surface area contributed by atoms with Gasteiger partial charge in [-0.05, 0) is 6.42 Å². The maximum atomic E-state index is 6.29. The Morgan fingerprint density at radius 1 is 1.44 bits per heavy atom. The number of nitrogens with zero attached hydrogens (tertiary/aromatic N) is 5. The van der Waals surface area contributed by atoms with Crippen molar-refractivity contribution in [2.45, 2.75) is 25.8 Å². The zero-order chi connectivity index (χ0) is 13.3. The van der Waals surface area contributed by atoms with E-state index in [9.17, 15) is 0 Å². The van der Waals surface area contributed by atoms with Crippen molar-refractivity contribution in [3.63, 3.8) is 0 Å². The standard InChI is InChI=1S/C11H17ClN6/c1-4-8-11(12)10(18(3)15-8)5-7(13)9-6-17(2)16-14-9/h6-7H,4-5,13H2,1-3H3. The Morgan fingerprint density at radius 3 is 2.67 bits per heavy atom. The first-order valence-corrected chi connectivity index (χ1v) is 6.22. The summed E-state index contributed by atoms with van der Waals surface area (Å²) in [6, 6.07) is -0.226. The lowest BCUT2D eigenvalue weighted by Crippen LogP contribution is -2.16. The van der Waals surface area contributed by atoms with Gasteiger partial charge in [0, 0.05) is 26.7 Å². The lowest BCUT2D eigenvalue weighted by Gasteiger charge is -2.08. The molecule has 0 radical (unpaired) electrons. The molecule has 0 saturated carbocycles. The van der Waals surface area contributed by atoms with Crippen molar-refractivity contribution in [3.8, 4) is 0 Å². The van der Waals surface area contributed by atoms with Crippen LogP contribution in [0.4, 0.5) is 0 Å². The summed E-state index contributed by atoms with van der Waals surface area (Å²) in [6.07, 6.45) is 3.23. The molecular weight excluding hydrogens is 252 g/mol. The maximum absolute atomic E-state index is 6.29. The van der Waals surface area contributed by atoms with Crippen LogP contribution in [0.5, 0.6) is 0 Å². The minimum atomic E-state index is -0.226. The lowest BCUT2D eigenvalue weighted by molar-refractivity contribution is 0.625. The molecule has 0 fully saturated rings. The number of halogens is 1. The van der Waals surface area contributed by atoms with E-state index < -0.39 is 0 Å². The Hall–Kier alpha value is -1.40. The summed E-state index contributed by atoms with van der Waals surface area (Å²) < 4.78 is 3.43. The Kier molecular flexibility index (Phi) is 3.68. The van der Waals surface area contributed by atoms with E-state index in [0.29, 0.717) is 11.4 Å². The van der Waals surface area contributed by atoms with Gasteiger partial charge >= 0.3 is 0 Å². The Labute approximate surface area is 111 Å². The fourth-order valence-corrected chi connectivity index (χ4v) is 2.26.